The van der Waals surface area contributed by atoms with Gasteiger partial charge in [0.1, 0.15) is 12.4 Å². The van der Waals surface area contributed by atoms with Crippen LogP contribution in [-0.4, -0.2) is 5.54 Å². The van der Waals surface area contributed by atoms with Crippen LogP contribution in [0.3, 0.4) is 0 Å². The van der Waals surface area contributed by atoms with Crippen molar-refractivity contribution in [3.05, 3.63) is 51.2 Å². The van der Waals surface area contributed by atoms with E-state index in [1.165, 1.54) is 4.88 Å². The van der Waals surface area contributed by atoms with Crippen LogP contribution in [0.25, 0.3) is 0 Å². The Hall–Kier alpha value is -0.740. The Labute approximate surface area is 141 Å². The average Bonchev–Trinajstić information content (AvgIpc) is 2.87. The highest BCUT2D eigenvalue weighted by Crippen LogP contribution is 2.25. The largest absolute Gasteiger partial charge is 0.488 e. The molecular weight excluding hydrogens is 325 g/mol. The smallest absolute Gasteiger partial charge is 0.124 e. The van der Waals surface area contributed by atoms with Crippen LogP contribution in [0.5, 0.6) is 5.75 Å². The van der Waals surface area contributed by atoms with Gasteiger partial charge in [-0.15, -0.1) is 23.7 Å². The van der Waals surface area contributed by atoms with E-state index in [1.54, 1.807) is 11.3 Å². The summed E-state index contributed by atoms with van der Waals surface area (Å²) in [6, 6.07) is 9.88. The van der Waals surface area contributed by atoms with E-state index in [9.17, 15) is 0 Å². The van der Waals surface area contributed by atoms with Crippen molar-refractivity contribution in [1.29, 1.82) is 0 Å². The molecule has 1 aromatic carbocycles. The fourth-order valence-electron chi connectivity index (χ4n) is 1.73. The molecule has 2 aromatic rings. The number of benzene rings is 1. The topological polar surface area (TPSA) is 21.3 Å². The minimum atomic E-state index is 0. The highest BCUT2D eigenvalue weighted by Gasteiger charge is 2.11. The van der Waals surface area contributed by atoms with Crippen LogP contribution in [0.1, 0.15) is 31.2 Å². The lowest BCUT2D eigenvalue weighted by Crippen LogP contribution is -2.35. The lowest BCUT2D eigenvalue weighted by molar-refractivity contribution is 0.303. The Kier molecular flexibility index (Phi) is 7.01. The lowest BCUT2D eigenvalue weighted by Gasteiger charge is -2.21. The van der Waals surface area contributed by atoms with Gasteiger partial charge in [0, 0.05) is 27.5 Å². The second-order valence-electron chi connectivity index (χ2n) is 5.72. The van der Waals surface area contributed by atoms with Crippen LogP contribution in [0, 0.1) is 0 Å². The Morgan fingerprint density at radius 2 is 2.00 bits per heavy atom. The molecule has 2 nitrogen and oxygen atoms in total. The van der Waals surface area contributed by atoms with Gasteiger partial charge in [-0.2, -0.15) is 0 Å². The van der Waals surface area contributed by atoms with Crippen LogP contribution >= 0.6 is 35.3 Å². The molecule has 116 valence electrons. The number of hydrogen-bond acceptors (Lipinski definition) is 3. The molecule has 21 heavy (non-hydrogen) atoms. The Balaban J connectivity index is 0.00000220. The van der Waals surface area contributed by atoms with Gasteiger partial charge in [-0.3, -0.25) is 0 Å². The minimum Gasteiger partial charge on any atom is -0.488 e. The number of nitrogens with one attached hydrogen (secondary N) is 1. The van der Waals surface area contributed by atoms with Crippen LogP contribution < -0.4 is 10.1 Å². The Bertz CT molecular complexity index is 550. The first-order chi connectivity index (χ1) is 9.44. The van der Waals surface area contributed by atoms with Gasteiger partial charge in [0.15, 0.2) is 0 Å². The molecule has 0 amide bonds. The molecule has 1 N–H and O–H groups in total. The summed E-state index contributed by atoms with van der Waals surface area (Å²) in [6.45, 7) is 7.77. The molecule has 0 radical (unpaired) electrons. The summed E-state index contributed by atoms with van der Waals surface area (Å²) in [5.74, 6) is 0.888. The minimum absolute atomic E-state index is 0. The van der Waals surface area contributed by atoms with Gasteiger partial charge >= 0.3 is 0 Å². The molecule has 0 saturated heterocycles. The van der Waals surface area contributed by atoms with Crippen molar-refractivity contribution in [2.45, 2.75) is 39.5 Å². The molecule has 2 rings (SSSR count). The van der Waals surface area contributed by atoms with Crippen molar-refractivity contribution in [3.8, 4) is 5.75 Å². The molecule has 0 aliphatic carbocycles. The monoisotopic (exact) mass is 345 g/mol. The second kappa shape index (κ2) is 8.04. The van der Waals surface area contributed by atoms with E-state index in [0.29, 0.717) is 6.61 Å². The second-order valence-corrected chi connectivity index (χ2v) is 7.19. The van der Waals surface area contributed by atoms with Crippen molar-refractivity contribution in [2.24, 2.45) is 0 Å². The van der Waals surface area contributed by atoms with Crippen molar-refractivity contribution in [2.75, 3.05) is 0 Å². The fraction of sp³-hybridized carbons (Fsp3) is 0.375. The highest BCUT2D eigenvalue weighted by molar-refractivity contribution is 7.09. The zero-order valence-corrected chi connectivity index (χ0v) is 14.9. The summed E-state index contributed by atoms with van der Waals surface area (Å²) in [5.41, 5.74) is 1.15. The normalized spacial score (nSPS) is 11.0. The Morgan fingerprint density at radius 1 is 1.24 bits per heavy atom. The first kappa shape index (κ1) is 18.3. The zero-order chi connectivity index (χ0) is 14.6. The molecule has 1 heterocycles. The first-order valence-corrected chi connectivity index (χ1v) is 7.88. The van der Waals surface area contributed by atoms with Gasteiger partial charge in [-0.1, -0.05) is 17.7 Å². The van der Waals surface area contributed by atoms with Crippen LogP contribution in [0.4, 0.5) is 0 Å². The maximum Gasteiger partial charge on any atom is 0.124 e. The third-order valence-corrected chi connectivity index (χ3v) is 3.87. The molecule has 0 saturated carbocycles. The Morgan fingerprint density at radius 3 is 2.62 bits per heavy atom. The quantitative estimate of drug-likeness (QED) is 0.794. The summed E-state index contributed by atoms with van der Waals surface area (Å²) >= 11 is 7.79. The molecular formula is C16H21Cl2NOS. The molecule has 1 aromatic heterocycles. The molecule has 5 heteroatoms. The number of halogens is 2. The third kappa shape index (κ3) is 6.27. The first-order valence-electron chi connectivity index (χ1n) is 6.63. The molecule has 0 fully saturated rings. The van der Waals surface area contributed by atoms with Gasteiger partial charge in [-0.05, 0) is 50.4 Å². The van der Waals surface area contributed by atoms with Gasteiger partial charge in [0.2, 0.25) is 0 Å². The van der Waals surface area contributed by atoms with Gasteiger partial charge in [-0.25, -0.2) is 0 Å². The van der Waals surface area contributed by atoms with Crippen molar-refractivity contribution in [3.63, 3.8) is 0 Å². The van der Waals surface area contributed by atoms with Crippen LogP contribution in [-0.2, 0) is 13.2 Å². The van der Waals surface area contributed by atoms with Crippen molar-refractivity contribution < 1.29 is 4.74 Å². The fourth-order valence-corrected chi connectivity index (χ4v) is 2.54. The molecule has 0 spiro atoms. The number of rotatable bonds is 5. The van der Waals surface area contributed by atoms with Gasteiger partial charge < -0.3 is 10.1 Å². The highest BCUT2D eigenvalue weighted by atomic mass is 35.5. The average molecular weight is 346 g/mol. The summed E-state index contributed by atoms with van der Waals surface area (Å²) in [6.07, 6.45) is 0. The molecule has 0 atom stereocenters. The SMILES string of the molecule is CC(C)(C)NCc1cc(Cl)ccc1OCc1cccs1.Cl. The van der Waals surface area contributed by atoms with Crippen molar-refractivity contribution >= 4 is 35.3 Å². The summed E-state index contributed by atoms with van der Waals surface area (Å²) in [4.78, 5) is 1.22. The molecule has 0 aliphatic heterocycles. The van der Waals surface area contributed by atoms with E-state index in [-0.39, 0.29) is 17.9 Å². The number of thiophene rings is 1. The summed E-state index contributed by atoms with van der Waals surface area (Å²) < 4.78 is 5.91. The third-order valence-electron chi connectivity index (χ3n) is 2.78. The zero-order valence-electron chi connectivity index (χ0n) is 12.5. The predicted molar refractivity (Wildman–Crippen MR) is 93.9 cm³/mol. The van der Waals surface area contributed by atoms with Crippen LogP contribution in [0.2, 0.25) is 5.02 Å². The molecule has 0 unspecified atom stereocenters. The van der Waals surface area contributed by atoms with Crippen LogP contribution in [0.15, 0.2) is 35.7 Å². The van der Waals surface area contributed by atoms with Crippen molar-refractivity contribution in [1.82, 2.24) is 5.32 Å². The number of hydrogen-bond donors (Lipinski definition) is 1. The lowest BCUT2D eigenvalue weighted by atomic mass is 10.1. The number of ether oxygens (including phenoxy) is 1. The van der Waals surface area contributed by atoms with E-state index in [1.807, 2.05) is 24.3 Å². The van der Waals surface area contributed by atoms with Gasteiger partial charge in [0.25, 0.3) is 0 Å². The molecule has 0 bridgehead atoms. The van der Waals surface area contributed by atoms with E-state index < -0.39 is 0 Å². The maximum absolute atomic E-state index is 6.09. The maximum atomic E-state index is 6.09. The van der Waals surface area contributed by atoms with E-state index in [4.69, 9.17) is 16.3 Å². The molecule has 0 aliphatic rings. The van der Waals surface area contributed by atoms with E-state index in [2.05, 4.69) is 37.5 Å². The summed E-state index contributed by atoms with van der Waals surface area (Å²) in [5, 5.41) is 6.26. The van der Waals surface area contributed by atoms with E-state index >= 15 is 0 Å². The van der Waals surface area contributed by atoms with E-state index in [0.717, 1.165) is 22.9 Å². The standard InChI is InChI=1S/C16H20ClNOS.ClH/c1-16(2,3)18-10-12-9-13(17)6-7-15(12)19-11-14-5-4-8-20-14;/h4-9,18H,10-11H2,1-3H3;1H. The summed E-state index contributed by atoms with van der Waals surface area (Å²) in [7, 11) is 0. The predicted octanol–water partition coefficient (Wildman–Crippen LogP) is 5.29. The van der Waals surface area contributed by atoms with Gasteiger partial charge in [0.05, 0.1) is 0 Å².